The summed E-state index contributed by atoms with van der Waals surface area (Å²) in [4.78, 5) is 11.6. The molecule has 20 heavy (non-hydrogen) atoms. The maximum absolute atomic E-state index is 11.6. The third-order valence-electron chi connectivity index (χ3n) is 3.83. The van der Waals surface area contributed by atoms with Crippen LogP contribution >= 0.6 is 0 Å². The zero-order valence-corrected chi connectivity index (χ0v) is 12.4. The Hall–Kier alpha value is -1.65. The van der Waals surface area contributed by atoms with Crippen molar-refractivity contribution in [3.8, 4) is 0 Å². The van der Waals surface area contributed by atoms with Gasteiger partial charge in [0.1, 0.15) is 5.56 Å². The molecule has 2 N–H and O–H groups in total. The van der Waals surface area contributed by atoms with Crippen LogP contribution in [0.3, 0.4) is 0 Å². The number of hydrogen-bond acceptors (Lipinski definition) is 4. The first-order valence-electron chi connectivity index (χ1n) is 7.45. The molecular formula is C15H23N3O2. The van der Waals surface area contributed by atoms with Crippen molar-refractivity contribution in [1.82, 2.24) is 10.2 Å². The molecule has 0 saturated heterocycles. The largest absolute Gasteiger partial charge is 0.478 e. The molecule has 1 aromatic heterocycles. The molecule has 1 fully saturated rings. The van der Waals surface area contributed by atoms with Gasteiger partial charge in [-0.25, -0.2) is 4.79 Å². The van der Waals surface area contributed by atoms with Gasteiger partial charge in [0.05, 0.1) is 5.69 Å². The van der Waals surface area contributed by atoms with Crippen LogP contribution in [0.4, 0.5) is 5.82 Å². The summed E-state index contributed by atoms with van der Waals surface area (Å²) in [6.07, 6.45) is 5.01. The van der Waals surface area contributed by atoms with Gasteiger partial charge in [0.15, 0.2) is 5.82 Å². The Morgan fingerprint density at radius 1 is 1.35 bits per heavy atom. The molecule has 1 heterocycles. The quantitative estimate of drug-likeness (QED) is 0.801. The molecule has 1 aliphatic rings. The molecule has 0 bridgehead atoms. The van der Waals surface area contributed by atoms with Gasteiger partial charge in [0, 0.05) is 6.04 Å². The Labute approximate surface area is 119 Å². The maximum Gasteiger partial charge on any atom is 0.339 e. The van der Waals surface area contributed by atoms with Crippen molar-refractivity contribution in [3.05, 3.63) is 16.8 Å². The van der Waals surface area contributed by atoms with Crippen molar-refractivity contribution in [2.24, 2.45) is 5.92 Å². The number of aryl methyl sites for hydroxylation is 1. The number of aromatic carboxylic acids is 1. The minimum Gasteiger partial charge on any atom is -0.478 e. The first-order chi connectivity index (χ1) is 9.56. The third kappa shape index (κ3) is 3.26. The number of carboxylic acids is 1. The highest BCUT2D eigenvalue weighted by Gasteiger charge is 2.26. The Bertz CT molecular complexity index is 498. The van der Waals surface area contributed by atoms with Gasteiger partial charge in [-0.05, 0) is 37.7 Å². The Morgan fingerprint density at radius 2 is 2.05 bits per heavy atom. The lowest BCUT2D eigenvalue weighted by molar-refractivity contribution is 0.0696. The van der Waals surface area contributed by atoms with Crippen molar-refractivity contribution in [3.63, 3.8) is 0 Å². The van der Waals surface area contributed by atoms with Gasteiger partial charge in [-0.15, -0.1) is 5.10 Å². The first-order valence-corrected chi connectivity index (χ1v) is 7.45. The Balaban J connectivity index is 2.28. The standard InChI is InChI=1S/C15H23N3O2/c1-4-11-12(5-2)17-18-14(13(11)15(19)20)16-9(3)8-10-6-7-10/h9-10H,4-8H2,1-3H3,(H,16,18)(H,19,20). The average Bonchev–Trinajstić information content (AvgIpc) is 3.21. The van der Waals surface area contributed by atoms with E-state index in [1.54, 1.807) is 0 Å². The molecule has 1 aliphatic carbocycles. The van der Waals surface area contributed by atoms with E-state index in [0.29, 0.717) is 24.2 Å². The van der Waals surface area contributed by atoms with Gasteiger partial charge in [-0.1, -0.05) is 26.7 Å². The SMILES string of the molecule is CCc1nnc(NC(C)CC2CC2)c(C(=O)O)c1CC. The Kier molecular flexibility index (Phi) is 4.57. The number of hydrogen-bond donors (Lipinski definition) is 2. The highest BCUT2D eigenvalue weighted by atomic mass is 16.4. The minimum absolute atomic E-state index is 0.229. The monoisotopic (exact) mass is 277 g/mol. The van der Waals surface area contributed by atoms with E-state index in [9.17, 15) is 9.90 Å². The van der Waals surface area contributed by atoms with Crippen LogP contribution in [0, 0.1) is 5.92 Å². The molecule has 5 nitrogen and oxygen atoms in total. The summed E-state index contributed by atoms with van der Waals surface area (Å²) < 4.78 is 0. The van der Waals surface area contributed by atoms with Crippen LogP contribution in [0.5, 0.6) is 0 Å². The predicted octanol–water partition coefficient (Wildman–Crippen LogP) is 2.90. The fourth-order valence-corrected chi connectivity index (χ4v) is 2.65. The molecule has 5 heteroatoms. The fraction of sp³-hybridized carbons (Fsp3) is 0.667. The maximum atomic E-state index is 11.6. The number of rotatable bonds is 7. The van der Waals surface area contributed by atoms with Crippen LogP contribution in [-0.4, -0.2) is 27.3 Å². The number of aromatic nitrogens is 2. The van der Waals surface area contributed by atoms with Crippen molar-refractivity contribution < 1.29 is 9.90 Å². The summed E-state index contributed by atoms with van der Waals surface area (Å²) in [5, 5.41) is 21.0. The van der Waals surface area contributed by atoms with Gasteiger partial charge in [-0.3, -0.25) is 0 Å². The van der Waals surface area contributed by atoms with Gasteiger partial charge in [0.25, 0.3) is 0 Å². The Morgan fingerprint density at radius 3 is 2.55 bits per heavy atom. The summed E-state index contributed by atoms with van der Waals surface area (Å²) in [5.74, 6) is 0.284. The van der Waals surface area contributed by atoms with Crippen LogP contribution < -0.4 is 5.32 Å². The van der Waals surface area contributed by atoms with E-state index in [-0.39, 0.29) is 6.04 Å². The van der Waals surface area contributed by atoms with E-state index < -0.39 is 5.97 Å². The summed E-state index contributed by atoms with van der Waals surface area (Å²) in [7, 11) is 0. The van der Waals surface area contributed by atoms with Gasteiger partial charge in [0.2, 0.25) is 0 Å². The van der Waals surface area contributed by atoms with Gasteiger partial charge in [-0.2, -0.15) is 5.10 Å². The van der Waals surface area contributed by atoms with Crippen LogP contribution in [-0.2, 0) is 12.8 Å². The molecule has 1 atom stereocenters. The molecule has 0 spiro atoms. The zero-order valence-electron chi connectivity index (χ0n) is 12.4. The molecule has 2 rings (SSSR count). The summed E-state index contributed by atoms with van der Waals surface area (Å²) >= 11 is 0. The van der Waals surface area contributed by atoms with E-state index in [2.05, 4.69) is 22.4 Å². The number of carbonyl (C=O) groups is 1. The molecule has 1 aromatic rings. The molecule has 0 aromatic carbocycles. The molecule has 0 aliphatic heterocycles. The normalized spacial score (nSPS) is 15.9. The van der Waals surface area contributed by atoms with Crippen LogP contribution in [0.2, 0.25) is 0 Å². The number of nitrogens with one attached hydrogen (secondary N) is 1. The van der Waals surface area contributed by atoms with Crippen molar-refractivity contribution in [2.75, 3.05) is 5.32 Å². The molecule has 0 radical (unpaired) electrons. The summed E-state index contributed by atoms with van der Waals surface area (Å²) in [6, 6.07) is 0.229. The topological polar surface area (TPSA) is 75.1 Å². The van der Waals surface area contributed by atoms with Crippen LogP contribution in [0.1, 0.15) is 61.6 Å². The number of carboxylic acid groups (broad SMARTS) is 1. The van der Waals surface area contributed by atoms with Crippen molar-refractivity contribution >= 4 is 11.8 Å². The van der Waals surface area contributed by atoms with E-state index in [4.69, 9.17) is 0 Å². The lowest BCUT2D eigenvalue weighted by Crippen LogP contribution is -2.21. The fourth-order valence-electron chi connectivity index (χ4n) is 2.65. The predicted molar refractivity (Wildman–Crippen MR) is 78.2 cm³/mol. The molecule has 1 unspecified atom stereocenters. The molecular weight excluding hydrogens is 254 g/mol. The van der Waals surface area contributed by atoms with E-state index >= 15 is 0 Å². The molecule has 110 valence electrons. The van der Waals surface area contributed by atoms with E-state index in [0.717, 1.165) is 23.6 Å². The van der Waals surface area contributed by atoms with Crippen molar-refractivity contribution in [2.45, 2.75) is 58.9 Å². The van der Waals surface area contributed by atoms with Crippen LogP contribution in [0.15, 0.2) is 0 Å². The zero-order chi connectivity index (χ0) is 14.7. The molecule has 1 saturated carbocycles. The third-order valence-corrected chi connectivity index (χ3v) is 3.83. The minimum atomic E-state index is -0.924. The summed E-state index contributed by atoms with van der Waals surface area (Å²) in [6.45, 7) is 6.00. The van der Waals surface area contributed by atoms with Crippen LogP contribution in [0.25, 0.3) is 0 Å². The molecule has 0 amide bonds. The van der Waals surface area contributed by atoms with E-state index in [1.807, 2.05) is 13.8 Å². The van der Waals surface area contributed by atoms with E-state index in [1.165, 1.54) is 12.8 Å². The second-order valence-corrected chi connectivity index (χ2v) is 5.59. The second-order valence-electron chi connectivity index (χ2n) is 5.59. The number of anilines is 1. The summed E-state index contributed by atoms with van der Waals surface area (Å²) in [5.41, 5.74) is 1.88. The highest BCUT2D eigenvalue weighted by Crippen LogP contribution is 2.34. The van der Waals surface area contributed by atoms with Gasteiger partial charge < -0.3 is 10.4 Å². The highest BCUT2D eigenvalue weighted by molar-refractivity contribution is 5.95. The van der Waals surface area contributed by atoms with Crippen molar-refractivity contribution in [1.29, 1.82) is 0 Å². The lowest BCUT2D eigenvalue weighted by Gasteiger charge is -2.18. The number of nitrogens with zero attached hydrogens (tertiary/aromatic N) is 2. The first kappa shape index (κ1) is 14.8. The van der Waals surface area contributed by atoms with Gasteiger partial charge >= 0.3 is 5.97 Å². The smallest absolute Gasteiger partial charge is 0.339 e. The average molecular weight is 277 g/mol. The lowest BCUT2D eigenvalue weighted by atomic mass is 10.0. The second kappa shape index (κ2) is 6.20.